The number of nitrogens with zero attached hydrogens (tertiary/aromatic N) is 4. The number of phenols is 1. The van der Waals surface area contributed by atoms with Gasteiger partial charge in [0.25, 0.3) is 0 Å². The van der Waals surface area contributed by atoms with Crippen molar-refractivity contribution in [3.63, 3.8) is 0 Å². The van der Waals surface area contributed by atoms with Gasteiger partial charge in [-0.2, -0.15) is 0 Å². The van der Waals surface area contributed by atoms with Gasteiger partial charge >= 0.3 is 0 Å². The second-order valence-electron chi connectivity index (χ2n) is 8.24. The maximum absolute atomic E-state index is 10.1. The van der Waals surface area contributed by atoms with Gasteiger partial charge in [-0.25, -0.2) is 14.5 Å². The highest BCUT2D eigenvalue weighted by atomic mass is 16.5. The minimum atomic E-state index is -0.324. The monoisotopic (exact) mass is 482 g/mol. The zero-order valence-electron chi connectivity index (χ0n) is 19.8. The van der Waals surface area contributed by atoms with E-state index in [1.165, 1.54) is 0 Å². The molecule has 0 aliphatic carbocycles. The average Bonchev–Trinajstić information content (AvgIpc) is 3.35. The van der Waals surface area contributed by atoms with Crippen LogP contribution in [0.25, 0.3) is 17.0 Å². The van der Waals surface area contributed by atoms with Crippen molar-refractivity contribution < 1.29 is 24.1 Å². The second kappa shape index (κ2) is 8.46. The maximum Gasteiger partial charge on any atom is 0.228 e. The first-order valence-electron chi connectivity index (χ1n) is 11.2. The molecule has 9 heteroatoms. The minimum absolute atomic E-state index is 0.102. The van der Waals surface area contributed by atoms with E-state index in [4.69, 9.17) is 23.9 Å². The lowest BCUT2D eigenvalue weighted by molar-refractivity contribution is 0.354. The topological polar surface area (TPSA) is 100 Å². The molecule has 0 bridgehead atoms. The number of methoxy groups -OCH3 is 3. The third kappa shape index (κ3) is 3.36. The van der Waals surface area contributed by atoms with Gasteiger partial charge in [0.05, 0.1) is 32.5 Å². The molecule has 3 heterocycles. The van der Waals surface area contributed by atoms with Crippen LogP contribution in [0.1, 0.15) is 22.6 Å². The van der Waals surface area contributed by atoms with Gasteiger partial charge in [-0.15, -0.1) is 5.10 Å². The molecule has 2 aromatic heterocycles. The Kier molecular flexibility index (Phi) is 5.10. The fourth-order valence-corrected chi connectivity index (χ4v) is 4.63. The zero-order valence-corrected chi connectivity index (χ0v) is 19.8. The molecule has 180 valence electrons. The molecular formula is C27H22N4O5. The molecule has 36 heavy (non-hydrogen) atoms. The Morgan fingerprint density at radius 1 is 0.889 bits per heavy atom. The number of ether oxygens (including phenoxy) is 4. The molecule has 0 saturated carbocycles. The summed E-state index contributed by atoms with van der Waals surface area (Å²) < 4.78 is 24.3. The van der Waals surface area contributed by atoms with Crippen molar-refractivity contribution in [2.45, 2.75) is 5.92 Å². The predicted molar refractivity (Wildman–Crippen MR) is 131 cm³/mol. The van der Waals surface area contributed by atoms with Gasteiger partial charge in [0, 0.05) is 17.5 Å². The van der Waals surface area contributed by atoms with Crippen molar-refractivity contribution in [1.82, 2.24) is 19.6 Å². The van der Waals surface area contributed by atoms with E-state index in [0.29, 0.717) is 40.3 Å². The van der Waals surface area contributed by atoms with Crippen LogP contribution >= 0.6 is 0 Å². The minimum Gasteiger partial charge on any atom is -0.508 e. The van der Waals surface area contributed by atoms with E-state index in [9.17, 15) is 5.11 Å². The number of hydrogen-bond acceptors (Lipinski definition) is 8. The van der Waals surface area contributed by atoms with Crippen molar-refractivity contribution >= 4 is 5.65 Å². The molecule has 0 saturated heterocycles. The zero-order chi connectivity index (χ0) is 24.8. The van der Waals surface area contributed by atoms with Crippen LogP contribution in [0.4, 0.5) is 0 Å². The molecule has 1 aliphatic heterocycles. The predicted octanol–water partition coefficient (Wildman–Crippen LogP) is 4.81. The number of benzene rings is 3. The number of para-hydroxylation sites is 1. The summed E-state index contributed by atoms with van der Waals surface area (Å²) in [5.41, 5.74) is 3.88. The standard InChI is InChI=1S/C27H22N4O5/c1-33-19-7-5-4-6-18(19)25-29-26-24-23(15-8-11-20(34-2)22(12-15)35-3)17-10-9-16(32)13-21(17)36-27(24)28-14-31(26)30-25/h4-14,23,32H,1-3H3/t23-/m1/s1. The first kappa shape index (κ1) is 21.7. The smallest absolute Gasteiger partial charge is 0.228 e. The molecule has 3 aromatic carbocycles. The lowest BCUT2D eigenvalue weighted by atomic mass is 9.83. The molecule has 0 unspecified atom stereocenters. The summed E-state index contributed by atoms with van der Waals surface area (Å²) >= 11 is 0. The number of fused-ring (bicyclic) bond motifs is 4. The summed E-state index contributed by atoms with van der Waals surface area (Å²) in [5.74, 6) is 3.08. The summed E-state index contributed by atoms with van der Waals surface area (Å²) in [5, 5.41) is 14.8. The summed E-state index contributed by atoms with van der Waals surface area (Å²) in [4.78, 5) is 9.44. The van der Waals surface area contributed by atoms with Crippen LogP contribution in [0, 0.1) is 0 Å². The van der Waals surface area contributed by atoms with Gasteiger partial charge in [-0.1, -0.05) is 24.3 Å². The summed E-state index contributed by atoms with van der Waals surface area (Å²) in [6, 6.07) is 18.4. The Bertz CT molecular complexity index is 1610. The van der Waals surface area contributed by atoms with Crippen LogP contribution in [0.2, 0.25) is 0 Å². The van der Waals surface area contributed by atoms with E-state index in [1.54, 1.807) is 44.3 Å². The first-order valence-corrected chi connectivity index (χ1v) is 11.2. The van der Waals surface area contributed by atoms with Crippen LogP contribution < -0.4 is 18.9 Å². The Balaban J connectivity index is 1.61. The Morgan fingerprint density at radius 3 is 2.50 bits per heavy atom. The van der Waals surface area contributed by atoms with E-state index >= 15 is 0 Å². The Morgan fingerprint density at radius 2 is 1.69 bits per heavy atom. The molecule has 0 radical (unpaired) electrons. The molecular weight excluding hydrogens is 460 g/mol. The van der Waals surface area contributed by atoms with Gasteiger partial charge in [0.2, 0.25) is 5.88 Å². The highest BCUT2D eigenvalue weighted by molar-refractivity contribution is 5.71. The largest absolute Gasteiger partial charge is 0.508 e. The van der Waals surface area contributed by atoms with Crippen LogP contribution in [0.15, 0.2) is 67.0 Å². The molecule has 1 N–H and O–H groups in total. The molecule has 0 fully saturated rings. The van der Waals surface area contributed by atoms with Crippen molar-refractivity contribution in [2.75, 3.05) is 21.3 Å². The summed E-state index contributed by atoms with van der Waals surface area (Å²) in [6.07, 6.45) is 1.57. The number of rotatable bonds is 5. The fraction of sp³-hybridized carbons (Fsp3) is 0.148. The number of hydrogen-bond donors (Lipinski definition) is 1. The first-order chi connectivity index (χ1) is 17.6. The quantitative estimate of drug-likeness (QED) is 0.374. The van der Waals surface area contributed by atoms with Crippen molar-refractivity contribution in [3.8, 4) is 46.0 Å². The van der Waals surface area contributed by atoms with E-state index in [1.807, 2.05) is 48.5 Å². The third-order valence-electron chi connectivity index (χ3n) is 6.28. The van der Waals surface area contributed by atoms with Crippen LogP contribution in [-0.4, -0.2) is 46.0 Å². The lowest BCUT2D eigenvalue weighted by Gasteiger charge is -2.28. The molecule has 6 rings (SSSR count). The van der Waals surface area contributed by atoms with E-state index in [2.05, 4.69) is 10.1 Å². The third-order valence-corrected chi connectivity index (χ3v) is 6.28. The number of aromatic nitrogens is 4. The Hall–Kier alpha value is -4.79. The van der Waals surface area contributed by atoms with Gasteiger partial charge in [0.1, 0.15) is 23.6 Å². The van der Waals surface area contributed by atoms with Crippen LogP contribution in [-0.2, 0) is 0 Å². The van der Waals surface area contributed by atoms with Crippen molar-refractivity contribution in [2.24, 2.45) is 0 Å². The number of aromatic hydroxyl groups is 1. The van der Waals surface area contributed by atoms with Gasteiger partial charge in [-0.3, -0.25) is 0 Å². The molecule has 0 spiro atoms. The fourth-order valence-electron chi connectivity index (χ4n) is 4.63. The average molecular weight is 482 g/mol. The van der Waals surface area contributed by atoms with Crippen LogP contribution in [0.3, 0.4) is 0 Å². The normalized spacial score (nSPS) is 14.0. The van der Waals surface area contributed by atoms with Crippen molar-refractivity contribution in [1.29, 1.82) is 0 Å². The SMILES string of the molecule is COc1ccc([C@@H]2c3ccc(O)cc3Oc3ncn4nc(-c5ccccc5OC)nc4c32)cc1OC. The highest BCUT2D eigenvalue weighted by Crippen LogP contribution is 2.49. The molecule has 1 aliphatic rings. The molecule has 1 atom stereocenters. The Labute approximate surface area is 206 Å². The molecule has 5 aromatic rings. The van der Waals surface area contributed by atoms with Gasteiger partial charge in [0.15, 0.2) is 23.0 Å². The van der Waals surface area contributed by atoms with E-state index < -0.39 is 0 Å². The molecule has 9 nitrogen and oxygen atoms in total. The summed E-state index contributed by atoms with van der Waals surface area (Å²) in [7, 11) is 4.82. The molecule has 0 amide bonds. The van der Waals surface area contributed by atoms with Crippen molar-refractivity contribution in [3.05, 3.63) is 83.7 Å². The second-order valence-corrected chi connectivity index (χ2v) is 8.24. The maximum atomic E-state index is 10.1. The van der Waals surface area contributed by atoms with Crippen LogP contribution in [0.5, 0.6) is 34.6 Å². The van der Waals surface area contributed by atoms with Gasteiger partial charge in [-0.05, 0) is 35.9 Å². The number of phenolic OH excluding ortho intramolecular Hbond substituents is 1. The van der Waals surface area contributed by atoms with E-state index in [-0.39, 0.29) is 11.7 Å². The lowest BCUT2D eigenvalue weighted by Crippen LogP contribution is -2.15. The highest BCUT2D eigenvalue weighted by Gasteiger charge is 2.34. The van der Waals surface area contributed by atoms with Gasteiger partial charge < -0.3 is 24.1 Å². The summed E-state index contributed by atoms with van der Waals surface area (Å²) in [6.45, 7) is 0. The van der Waals surface area contributed by atoms with E-state index in [0.717, 1.165) is 22.3 Å².